The Kier molecular flexibility index (Phi) is 8.85. The van der Waals surface area contributed by atoms with Crippen LogP contribution in [0.15, 0.2) is 71.1 Å². The highest BCUT2D eigenvalue weighted by Crippen LogP contribution is 2.47. The quantitative estimate of drug-likeness (QED) is 0.148. The highest BCUT2D eigenvalue weighted by molar-refractivity contribution is 6.04. The second-order valence-corrected chi connectivity index (χ2v) is 9.84. The molecule has 5 aromatic rings. The molecule has 5 rings (SSSR count). The number of hydrogen-bond acceptors (Lipinski definition) is 8. The molecule has 8 nitrogen and oxygen atoms in total. The van der Waals surface area contributed by atoms with Crippen molar-refractivity contribution in [1.82, 2.24) is 0 Å². The Labute approximate surface area is 251 Å². The summed E-state index contributed by atoms with van der Waals surface area (Å²) in [4.78, 5) is 0. The summed E-state index contributed by atoms with van der Waals surface area (Å²) in [6.07, 6.45) is 1.55. The zero-order chi connectivity index (χ0) is 30.5. The third-order valence-electron chi connectivity index (χ3n) is 7.47. The van der Waals surface area contributed by atoms with Gasteiger partial charge in [-0.1, -0.05) is 6.07 Å². The minimum atomic E-state index is 0.595. The third-order valence-corrected chi connectivity index (χ3v) is 7.47. The fraction of sp³-hybridized carbons (Fsp3) is 0.257. The van der Waals surface area contributed by atoms with Crippen molar-refractivity contribution in [1.29, 1.82) is 0 Å². The number of benzene rings is 4. The molecule has 1 aromatic heterocycles. The van der Waals surface area contributed by atoms with Crippen molar-refractivity contribution in [3.8, 4) is 62.7 Å². The fourth-order valence-corrected chi connectivity index (χ4v) is 5.27. The smallest absolute Gasteiger partial charge is 0.177 e. The molecule has 0 saturated heterocycles. The first-order valence-corrected chi connectivity index (χ1v) is 13.8. The fourth-order valence-electron chi connectivity index (χ4n) is 5.27. The van der Waals surface area contributed by atoms with Gasteiger partial charge in [0, 0.05) is 22.6 Å². The van der Waals surface area contributed by atoms with E-state index in [1.807, 2.05) is 54.6 Å². The summed E-state index contributed by atoms with van der Waals surface area (Å²) in [6.45, 7) is 0. The molecule has 0 aliphatic heterocycles. The van der Waals surface area contributed by atoms with E-state index in [4.69, 9.17) is 37.6 Å². The Bertz CT molecular complexity index is 1710. The highest BCUT2D eigenvalue weighted by Gasteiger charge is 2.23. The molecule has 8 heteroatoms. The van der Waals surface area contributed by atoms with Crippen LogP contribution in [0.4, 0.5) is 0 Å². The Hall–Kier alpha value is -4.98. The Morgan fingerprint density at radius 3 is 1.63 bits per heavy atom. The van der Waals surface area contributed by atoms with Gasteiger partial charge in [0.05, 0.1) is 49.8 Å². The van der Waals surface area contributed by atoms with Crippen LogP contribution in [-0.4, -0.2) is 49.8 Å². The van der Waals surface area contributed by atoms with Gasteiger partial charge in [0.15, 0.2) is 34.3 Å². The van der Waals surface area contributed by atoms with E-state index < -0.39 is 0 Å². The number of methoxy groups -OCH3 is 7. The van der Waals surface area contributed by atoms with Crippen LogP contribution in [0.5, 0.6) is 40.2 Å². The number of ether oxygens (including phenoxy) is 7. The van der Waals surface area contributed by atoms with Crippen molar-refractivity contribution < 1.29 is 37.6 Å². The van der Waals surface area contributed by atoms with Crippen molar-refractivity contribution in [3.63, 3.8) is 0 Å². The summed E-state index contributed by atoms with van der Waals surface area (Å²) in [5.74, 6) is 5.26. The van der Waals surface area contributed by atoms with Gasteiger partial charge in [0.1, 0.15) is 17.3 Å². The van der Waals surface area contributed by atoms with Crippen LogP contribution < -0.4 is 33.2 Å². The van der Waals surface area contributed by atoms with E-state index in [2.05, 4.69) is 12.1 Å². The number of rotatable bonds is 12. The second kappa shape index (κ2) is 12.9. The summed E-state index contributed by atoms with van der Waals surface area (Å²) in [5, 5.41) is 0.904. The van der Waals surface area contributed by atoms with Gasteiger partial charge in [-0.25, -0.2) is 0 Å². The molecule has 43 heavy (non-hydrogen) atoms. The molecule has 0 amide bonds. The van der Waals surface area contributed by atoms with Crippen molar-refractivity contribution in [2.75, 3.05) is 49.8 Å². The number of fused-ring (bicyclic) bond motifs is 1. The van der Waals surface area contributed by atoms with Crippen LogP contribution in [0.2, 0.25) is 0 Å². The number of hydrogen-bond donors (Lipinski definition) is 0. The van der Waals surface area contributed by atoms with E-state index in [1.54, 1.807) is 49.8 Å². The maximum absolute atomic E-state index is 6.62. The molecule has 0 aliphatic carbocycles. The predicted octanol–water partition coefficient (Wildman–Crippen LogP) is 7.61. The lowest BCUT2D eigenvalue weighted by atomic mass is 9.95. The summed E-state index contributed by atoms with van der Waals surface area (Å²) in [6, 6.07) is 21.7. The van der Waals surface area contributed by atoms with Crippen LogP contribution in [0, 0.1) is 0 Å². The van der Waals surface area contributed by atoms with Crippen LogP contribution in [-0.2, 0) is 12.8 Å². The van der Waals surface area contributed by atoms with Crippen molar-refractivity contribution in [2.24, 2.45) is 0 Å². The zero-order valence-electron chi connectivity index (χ0n) is 25.5. The van der Waals surface area contributed by atoms with Gasteiger partial charge in [0.2, 0.25) is 0 Å². The lowest BCUT2D eigenvalue weighted by molar-refractivity contribution is 0.354. The first-order chi connectivity index (χ1) is 21.0. The van der Waals surface area contributed by atoms with Gasteiger partial charge in [0.25, 0.3) is 0 Å². The van der Waals surface area contributed by atoms with Crippen molar-refractivity contribution in [2.45, 2.75) is 12.8 Å². The molecule has 0 N–H and O–H groups in total. The second-order valence-electron chi connectivity index (χ2n) is 9.84. The molecule has 0 atom stereocenters. The zero-order valence-corrected chi connectivity index (χ0v) is 25.5. The summed E-state index contributed by atoms with van der Waals surface area (Å²) in [7, 11) is 11.4. The van der Waals surface area contributed by atoms with Gasteiger partial charge in [-0.15, -0.1) is 0 Å². The first kappa shape index (κ1) is 29.5. The predicted molar refractivity (Wildman–Crippen MR) is 167 cm³/mol. The SMILES string of the molecule is COc1cc(OC)cc(-c2c(-c3ccc(OC)c(OC)c3)oc3c(OC)cc(CCc4ccc(OC)c(OC)c4)cc23)c1. The van der Waals surface area contributed by atoms with E-state index in [1.165, 1.54) is 0 Å². The Morgan fingerprint density at radius 1 is 0.465 bits per heavy atom. The maximum atomic E-state index is 6.62. The molecule has 1 heterocycles. The minimum Gasteiger partial charge on any atom is -0.497 e. The van der Waals surface area contributed by atoms with Crippen molar-refractivity contribution >= 4 is 11.0 Å². The van der Waals surface area contributed by atoms with E-state index in [0.29, 0.717) is 51.6 Å². The Balaban J connectivity index is 1.69. The van der Waals surface area contributed by atoms with Gasteiger partial charge >= 0.3 is 0 Å². The summed E-state index contributed by atoms with van der Waals surface area (Å²) < 4.78 is 45.7. The van der Waals surface area contributed by atoms with E-state index in [-0.39, 0.29) is 0 Å². The third kappa shape index (κ3) is 5.86. The van der Waals surface area contributed by atoms with Crippen molar-refractivity contribution in [3.05, 3.63) is 77.9 Å². The van der Waals surface area contributed by atoms with Gasteiger partial charge < -0.3 is 37.6 Å². The molecule has 0 spiro atoms. The van der Waals surface area contributed by atoms with Gasteiger partial charge in [-0.2, -0.15) is 0 Å². The summed E-state index contributed by atoms with van der Waals surface area (Å²) >= 11 is 0. The van der Waals surface area contributed by atoms with Gasteiger partial charge in [-0.05, 0) is 84.1 Å². The standard InChI is InChI=1S/C35H36O8/c1-36-25-17-24(18-26(20-25)37-2)33-27-14-22(9-8-21-10-12-28(38-3)30(15-21)40-5)16-32(42-7)35(27)43-34(33)23-11-13-29(39-4)31(19-23)41-6/h10-20H,8-9H2,1-7H3. The highest BCUT2D eigenvalue weighted by atomic mass is 16.5. The monoisotopic (exact) mass is 584 g/mol. The van der Waals surface area contributed by atoms with E-state index >= 15 is 0 Å². The molecule has 4 aromatic carbocycles. The Morgan fingerprint density at radius 2 is 1.02 bits per heavy atom. The molecule has 0 aliphatic rings. The molecule has 224 valence electrons. The van der Waals surface area contributed by atoms with Gasteiger partial charge in [-0.3, -0.25) is 0 Å². The molecule has 0 bridgehead atoms. The first-order valence-electron chi connectivity index (χ1n) is 13.8. The van der Waals surface area contributed by atoms with E-state index in [9.17, 15) is 0 Å². The topological polar surface area (TPSA) is 77.8 Å². The number of aryl methyl sites for hydroxylation is 2. The molecular weight excluding hydrogens is 548 g/mol. The lowest BCUT2D eigenvalue weighted by Crippen LogP contribution is -1.96. The van der Waals surface area contributed by atoms with Crippen LogP contribution in [0.1, 0.15) is 11.1 Å². The molecule has 0 unspecified atom stereocenters. The lowest BCUT2D eigenvalue weighted by Gasteiger charge is -2.12. The van der Waals surface area contributed by atoms with E-state index in [0.717, 1.165) is 46.0 Å². The molecule has 0 fully saturated rings. The summed E-state index contributed by atoms with van der Waals surface area (Å²) in [5.41, 5.74) is 5.44. The van der Waals surface area contributed by atoms with Crippen LogP contribution in [0.25, 0.3) is 33.4 Å². The normalized spacial score (nSPS) is 10.9. The molecule has 0 saturated carbocycles. The number of furan rings is 1. The molecule has 0 radical (unpaired) electrons. The maximum Gasteiger partial charge on any atom is 0.177 e. The van der Waals surface area contributed by atoms with Crippen LogP contribution in [0.3, 0.4) is 0 Å². The minimum absolute atomic E-state index is 0.595. The largest absolute Gasteiger partial charge is 0.497 e. The average molecular weight is 585 g/mol. The molecular formula is C35H36O8. The average Bonchev–Trinajstić information content (AvgIpc) is 3.45. The van der Waals surface area contributed by atoms with Crippen LogP contribution >= 0.6 is 0 Å².